The lowest BCUT2D eigenvalue weighted by atomic mass is 10.1. The maximum Gasteiger partial charge on any atom is 0.238 e. The Balaban J connectivity index is 1.88. The fourth-order valence-electron chi connectivity index (χ4n) is 2.22. The van der Waals surface area contributed by atoms with Crippen LogP contribution in [0, 0.1) is 0 Å². The number of hydrogen-bond acceptors (Lipinski definition) is 6. The Hall–Kier alpha value is -2.09. The molecule has 24 heavy (non-hydrogen) atoms. The molecule has 0 fully saturated rings. The molecule has 5 nitrogen and oxygen atoms in total. The molecule has 1 aromatic heterocycles. The molecular weight excluding hydrogens is 344 g/mol. The number of aliphatic hydroxyl groups is 1. The molecule has 0 saturated carbocycles. The first-order valence-electron chi connectivity index (χ1n) is 7.37. The number of carbonyl (C=O) groups excluding carboxylic acids is 1. The number of aromatic nitrogens is 1. The summed E-state index contributed by atoms with van der Waals surface area (Å²) in [5.74, 6) is 0.0327. The zero-order valence-electron chi connectivity index (χ0n) is 12.7. The number of fused-ring (bicyclic) bond motifs is 1. The van der Waals surface area contributed by atoms with E-state index in [2.05, 4.69) is 10.3 Å². The third-order valence-corrected chi connectivity index (χ3v) is 5.69. The molecule has 1 atom stereocenters. The Kier molecular flexibility index (Phi) is 5.34. The quantitative estimate of drug-likeness (QED) is 0.589. The van der Waals surface area contributed by atoms with Gasteiger partial charge < -0.3 is 15.5 Å². The normalized spacial score (nSPS) is 12.2. The summed E-state index contributed by atoms with van der Waals surface area (Å²) >= 11 is 2.80. The molecule has 0 aliphatic rings. The number of nitrogens with one attached hydrogen (secondary N) is 1. The van der Waals surface area contributed by atoms with Crippen LogP contribution in [0.15, 0.2) is 52.9 Å². The van der Waals surface area contributed by atoms with Gasteiger partial charge in [-0.3, -0.25) is 4.79 Å². The number of benzene rings is 2. The Morgan fingerprint density at radius 2 is 2.04 bits per heavy atom. The largest absolute Gasteiger partial charge is 0.508 e. The first kappa shape index (κ1) is 16.8. The smallest absolute Gasteiger partial charge is 0.238 e. The van der Waals surface area contributed by atoms with E-state index in [1.54, 1.807) is 18.2 Å². The highest BCUT2D eigenvalue weighted by molar-refractivity contribution is 8.02. The number of hydrogen-bond donors (Lipinski definition) is 3. The van der Waals surface area contributed by atoms with Crippen molar-refractivity contribution >= 4 is 39.2 Å². The zero-order valence-corrected chi connectivity index (χ0v) is 14.3. The summed E-state index contributed by atoms with van der Waals surface area (Å²) in [5.41, 5.74) is 1.67. The number of phenols is 1. The van der Waals surface area contributed by atoms with Crippen molar-refractivity contribution in [2.45, 2.75) is 9.59 Å². The van der Waals surface area contributed by atoms with Crippen molar-refractivity contribution in [2.75, 3.05) is 13.2 Å². The molecule has 2 aromatic carbocycles. The Morgan fingerprint density at radius 1 is 1.25 bits per heavy atom. The number of carbonyl (C=O) groups is 1. The van der Waals surface area contributed by atoms with Gasteiger partial charge in [-0.2, -0.15) is 0 Å². The second kappa shape index (κ2) is 7.65. The lowest BCUT2D eigenvalue weighted by Gasteiger charge is -2.15. The van der Waals surface area contributed by atoms with Crippen molar-refractivity contribution in [1.82, 2.24) is 10.3 Å². The summed E-state index contributed by atoms with van der Waals surface area (Å²) < 4.78 is 1.63. The van der Waals surface area contributed by atoms with E-state index in [4.69, 9.17) is 5.11 Å². The molecule has 1 amide bonds. The number of thiazole rings is 1. The van der Waals surface area contributed by atoms with Gasteiger partial charge in [0.05, 0.1) is 16.8 Å². The standard InChI is InChI=1S/C17H16N2O3S2/c20-9-8-18-16(22)15(11-4-2-1-3-5-11)24-17-19-13-7-6-12(21)10-14(13)23-17/h1-7,10,15,20-21H,8-9H2,(H,18,22). The molecule has 1 unspecified atom stereocenters. The van der Waals surface area contributed by atoms with Crippen molar-refractivity contribution in [3.05, 3.63) is 54.1 Å². The molecule has 0 radical (unpaired) electrons. The molecule has 3 N–H and O–H groups in total. The summed E-state index contributed by atoms with van der Waals surface area (Å²) in [6.07, 6.45) is 0. The monoisotopic (exact) mass is 360 g/mol. The van der Waals surface area contributed by atoms with Crippen LogP contribution < -0.4 is 5.32 Å². The average Bonchev–Trinajstić information content (AvgIpc) is 3.00. The van der Waals surface area contributed by atoms with Crippen LogP contribution in [0.2, 0.25) is 0 Å². The van der Waals surface area contributed by atoms with Gasteiger partial charge in [-0.25, -0.2) is 4.98 Å². The Labute approximate surface area is 147 Å². The van der Waals surface area contributed by atoms with Gasteiger partial charge in [0.1, 0.15) is 11.0 Å². The highest BCUT2D eigenvalue weighted by Crippen LogP contribution is 2.39. The molecule has 0 bridgehead atoms. The van der Waals surface area contributed by atoms with Crippen LogP contribution in [0.5, 0.6) is 5.75 Å². The summed E-state index contributed by atoms with van der Waals surface area (Å²) in [6, 6.07) is 14.5. The van der Waals surface area contributed by atoms with Crippen molar-refractivity contribution in [1.29, 1.82) is 0 Å². The van der Waals surface area contributed by atoms with Gasteiger partial charge in [-0.15, -0.1) is 11.3 Å². The molecule has 0 spiro atoms. The molecule has 124 valence electrons. The lowest BCUT2D eigenvalue weighted by Crippen LogP contribution is -2.30. The molecule has 7 heteroatoms. The van der Waals surface area contributed by atoms with Gasteiger partial charge in [0.25, 0.3) is 0 Å². The maximum atomic E-state index is 12.5. The van der Waals surface area contributed by atoms with E-state index >= 15 is 0 Å². The summed E-state index contributed by atoms with van der Waals surface area (Å²) in [6.45, 7) is 0.120. The first-order chi connectivity index (χ1) is 11.7. The van der Waals surface area contributed by atoms with E-state index in [1.807, 2.05) is 30.3 Å². The summed E-state index contributed by atoms with van der Waals surface area (Å²) in [5, 5.41) is 20.8. The van der Waals surface area contributed by atoms with Crippen molar-refractivity contribution < 1.29 is 15.0 Å². The molecule has 3 aromatic rings. The topological polar surface area (TPSA) is 82.5 Å². The molecule has 0 aliphatic heterocycles. The van der Waals surface area contributed by atoms with E-state index in [0.717, 1.165) is 20.1 Å². The van der Waals surface area contributed by atoms with Gasteiger partial charge in [0.15, 0.2) is 4.34 Å². The highest BCUT2D eigenvalue weighted by atomic mass is 32.2. The van der Waals surface area contributed by atoms with Crippen LogP contribution >= 0.6 is 23.1 Å². The number of aliphatic hydroxyl groups excluding tert-OH is 1. The third kappa shape index (κ3) is 3.87. The van der Waals surface area contributed by atoms with Gasteiger partial charge >= 0.3 is 0 Å². The second-order valence-corrected chi connectivity index (χ2v) is 7.44. The lowest BCUT2D eigenvalue weighted by molar-refractivity contribution is -0.120. The minimum absolute atomic E-state index is 0.0989. The van der Waals surface area contributed by atoms with Gasteiger partial charge in [-0.05, 0) is 23.8 Å². The SMILES string of the molecule is O=C(NCCO)C(Sc1nc2ccc(O)cc2s1)c1ccccc1. The van der Waals surface area contributed by atoms with Crippen LogP contribution in [-0.2, 0) is 4.79 Å². The molecule has 0 aliphatic carbocycles. The van der Waals surface area contributed by atoms with Crippen LogP contribution in [-0.4, -0.2) is 34.3 Å². The number of amides is 1. The average molecular weight is 360 g/mol. The molecule has 0 saturated heterocycles. The van der Waals surface area contributed by atoms with Gasteiger partial charge in [-0.1, -0.05) is 42.1 Å². The van der Waals surface area contributed by atoms with Crippen LogP contribution in [0.25, 0.3) is 10.2 Å². The molecule has 1 heterocycles. The number of phenolic OH excluding ortho intramolecular Hbond substituents is 1. The fourth-order valence-corrected chi connectivity index (χ4v) is 4.53. The third-order valence-electron chi connectivity index (χ3n) is 3.32. The van der Waals surface area contributed by atoms with Crippen LogP contribution in [0.3, 0.4) is 0 Å². The first-order valence-corrected chi connectivity index (χ1v) is 9.07. The van der Waals surface area contributed by atoms with E-state index < -0.39 is 5.25 Å². The second-order valence-electron chi connectivity index (χ2n) is 5.06. The van der Waals surface area contributed by atoms with E-state index in [9.17, 15) is 9.90 Å². The van der Waals surface area contributed by atoms with Crippen LogP contribution in [0.4, 0.5) is 0 Å². The highest BCUT2D eigenvalue weighted by Gasteiger charge is 2.23. The predicted octanol–water partition coefficient (Wildman–Crippen LogP) is 2.94. The number of nitrogens with zero attached hydrogens (tertiary/aromatic N) is 1. The zero-order chi connectivity index (χ0) is 16.9. The Bertz CT molecular complexity index is 836. The van der Waals surface area contributed by atoms with E-state index in [0.29, 0.717) is 0 Å². The van der Waals surface area contributed by atoms with E-state index in [-0.39, 0.29) is 24.8 Å². The summed E-state index contributed by atoms with van der Waals surface area (Å²) in [7, 11) is 0. The predicted molar refractivity (Wildman–Crippen MR) is 96.4 cm³/mol. The summed E-state index contributed by atoms with van der Waals surface area (Å²) in [4.78, 5) is 17.0. The van der Waals surface area contributed by atoms with E-state index in [1.165, 1.54) is 23.1 Å². The van der Waals surface area contributed by atoms with Crippen molar-refractivity contribution in [2.24, 2.45) is 0 Å². The van der Waals surface area contributed by atoms with Crippen molar-refractivity contribution in [3.63, 3.8) is 0 Å². The van der Waals surface area contributed by atoms with Crippen molar-refractivity contribution in [3.8, 4) is 5.75 Å². The number of rotatable bonds is 6. The minimum Gasteiger partial charge on any atom is -0.508 e. The van der Waals surface area contributed by atoms with Gasteiger partial charge in [0.2, 0.25) is 5.91 Å². The number of aromatic hydroxyl groups is 1. The maximum absolute atomic E-state index is 12.5. The number of thioether (sulfide) groups is 1. The molecule has 3 rings (SSSR count). The fraction of sp³-hybridized carbons (Fsp3) is 0.176. The minimum atomic E-state index is -0.452. The molecular formula is C17H16N2O3S2. The van der Waals surface area contributed by atoms with Crippen LogP contribution in [0.1, 0.15) is 10.8 Å². The Morgan fingerprint density at radius 3 is 2.79 bits per heavy atom. The van der Waals surface area contributed by atoms with Gasteiger partial charge in [0, 0.05) is 6.54 Å².